The fourth-order valence-corrected chi connectivity index (χ4v) is 5.23. The minimum atomic E-state index is 0. The molecule has 2 aromatic carbocycles. The van der Waals surface area contributed by atoms with Crippen molar-refractivity contribution in [1.29, 1.82) is 0 Å². The number of hydrogen-bond acceptors (Lipinski definition) is 2. The summed E-state index contributed by atoms with van der Waals surface area (Å²) in [5.41, 5.74) is 5.32. The van der Waals surface area contributed by atoms with E-state index in [0.717, 1.165) is 18.8 Å². The van der Waals surface area contributed by atoms with Crippen molar-refractivity contribution in [3.8, 4) is 5.75 Å². The molecule has 2 nitrogen and oxygen atoms in total. The maximum atomic E-state index is 5.65. The van der Waals surface area contributed by atoms with Crippen LogP contribution >= 0.6 is 0 Å². The lowest BCUT2D eigenvalue weighted by Crippen LogP contribution is -2.24. The molecule has 0 aliphatic carbocycles. The Morgan fingerprint density at radius 1 is 0.568 bits per heavy atom. The Kier molecular flexibility index (Phi) is 15.7. The summed E-state index contributed by atoms with van der Waals surface area (Å²) in [6.45, 7) is 29.2. The second-order valence-electron chi connectivity index (χ2n) is 13.7. The first-order valence-corrected chi connectivity index (χ1v) is 13.3. The number of hydrogen-bond donors (Lipinski definition) is 0. The number of ether oxygens (including phenoxy) is 2. The molecule has 0 radical (unpaired) electrons. The van der Waals surface area contributed by atoms with E-state index in [2.05, 4.69) is 125 Å². The van der Waals surface area contributed by atoms with E-state index in [1.165, 1.54) is 23.1 Å². The van der Waals surface area contributed by atoms with Crippen LogP contribution in [0.5, 0.6) is 5.75 Å². The first-order chi connectivity index (χ1) is 16.0. The van der Waals surface area contributed by atoms with Gasteiger partial charge in [0.1, 0.15) is 12.4 Å². The quantitative estimate of drug-likeness (QED) is 0.310. The molecule has 0 spiro atoms. The second-order valence-corrected chi connectivity index (χ2v) is 13.7. The third-order valence-corrected chi connectivity index (χ3v) is 6.11. The Hall–Kier alpha value is -1.80. The zero-order valence-electron chi connectivity index (χ0n) is 25.0. The van der Waals surface area contributed by atoms with Gasteiger partial charge in [0.05, 0.1) is 6.61 Å². The zero-order chi connectivity index (χ0) is 26.9. The number of aryl methyl sites for hydroxylation is 1. The minimum Gasteiger partial charge on any atom is -0.491 e. The van der Waals surface area contributed by atoms with Gasteiger partial charge in [-0.3, -0.25) is 0 Å². The Bertz CT molecular complexity index is 844. The molecule has 37 heavy (non-hydrogen) atoms. The Labute approximate surface area is 232 Å². The summed E-state index contributed by atoms with van der Waals surface area (Å²) >= 11 is 0. The van der Waals surface area contributed by atoms with Crippen LogP contribution in [-0.4, -0.2) is 19.8 Å². The van der Waals surface area contributed by atoms with Crippen LogP contribution < -0.4 is 4.74 Å². The molecule has 0 amide bonds. The normalized spacial score (nSPS) is 12.0. The van der Waals surface area contributed by atoms with E-state index in [9.17, 15) is 0 Å². The largest absolute Gasteiger partial charge is 0.491 e. The van der Waals surface area contributed by atoms with Gasteiger partial charge in [0.15, 0.2) is 0 Å². The summed E-state index contributed by atoms with van der Waals surface area (Å²) in [5.74, 6) is 0.917. The molecular weight excluding hydrogens is 452 g/mol. The van der Waals surface area contributed by atoms with Crippen molar-refractivity contribution in [2.45, 2.75) is 122 Å². The highest BCUT2D eigenvalue weighted by atomic mass is 16.5. The van der Waals surface area contributed by atoms with Crippen molar-refractivity contribution in [3.05, 3.63) is 65.2 Å². The molecule has 0 N–H and O–H groups in total. The Morgan fingerprint density at radius 2 is 0.946 bits per heavy atom. The summed E-state index contributed by atoms with van der Waals surface area (Å²) in [6, 6.07) is 17.4. The van der Waals surface area contributed by atoms with E-state index in [-0.39, 0.29) is 25.7 Å². The predicted octanol–water partition coefficient (Wildman–Crippen LogP) is 10.8. The molecule has 214 valence electrons. The van der Waals surface area contributed by atoms with E-state index in [0.29, 0.717) is 24.0 Å². The molecule has 0 aromatic heterocycles. The Balaban J connectivity index is 0. The van der Waals surface area contributed by atoms with Gasteiger partial charge in [-0.25, -0.2) is 0 Å². The minimum absolute atomic E-state index is 0. The van der Waals surface area contributed by atoms with Crippen LogP contribution in [0.3, 0.4) is 0 Å². The van der Waals surface area contributed by atoms with Gasteiger partial charge < -0.3 is 9.47 Å². The molecule has 0 unspecified atom stereocenters. The van der Waals surface area contributed by atoms with Crippen molar-refractivity contribution >= 4 is 0 Å². The lowest BCUT2D eigenvalue weighted by molar-refractivity contribution is 0.110. The van der Waals surface area contributed by atoms with Crippen molar-refractivity contribution in [3.63, 3.8) is 0 Å². The van der Waals surface area contributed by atoms with Crippen molar-refractivity contribution < 1.29 is 9.47 Å². The van der Waals surface area contributed by atoms with Crippen LogP contribution in [0.25, 0.3) is 0 Å². The topological polar surface area (TPSA) is 18.5 Å². The number of rotatable bonds is 9. The fourth-order valence-electron chi connectivity index (χ4n) is 5.23. The molecule has 2 aromatic rings. The van der Waals surface area contributed by atoms with Gasteiger partial charge in [-0.1, -0.05) is 126 Å². The fraction of sp³-hybridized carbons (Fsp3) is 0.657. The molecule has 2 rings (SSSR count). The van der Waals surface area contributed by atoms with Gasteiger partial charge in [0.25, 0.3) is 0 Å². The second kappa shape index (κ2) is 15.6. The van der Waals surface area contributed by atoms with E-state index in [4.69, 9.17) is 9.47 Å². The molecule has 0 atom stereocenters. The molecule has 0 bridgehead atoms. The lowest BCUT2D eigenvalue weighted by Gasteiger charge is -2.33. The molecule has 2 heteroatoms. The van der Waals surface area contributed by atoms with Crippen LogP contribution in [0.2, 0.25) is 0 Å². The molecule has 0 fully saturated rings. The molecule has 0 aliphatic rings. The monoisotopic (exact) mass is 514 g/mol. The number of benzene rings is 2. The van der Waals surface area contributed by atoms with E-state index < -0.39 is 0 Å². The maximum Gasteiger partial charge on any atom is 0.119 e. The maximum absolute atomic E-state index is 5.65. The van der Waals surface area contributed by atoms with Crippen LogP contribution in [0, 0.1) is 17.8 Å². The lowest BCUT2D eigenvalue weighted by atomic mass is 9.72. The zero-order valence-corrected chi connectivity index (χ0v) is 25.0. The first kappa shape index (κ1) is 37.4. The molecule has 0 heterocycles. The molecular formula is C35H62O2. The van der Waals surface area contributed by atoms with Crippen molar-refractivity contribution in [1.82, 2.24) is 0 Å². The van der Waals surface area contributed by atoms with E-state index in [1.54, 1.807) is 0 Å². The third kappa shape index (κ3) is 15.3. The molecule has 0 aliphatic heterocycles. The van der Waals surface area contributed by atoms with E-state index >= 15 is 0 Å². The highest BCUT2D eigenvalue weighted by Crippen LogP contribution is 2.37. The summed E-state index contributed by atoms with van der Waals surface area (Å²) in [6.07, 6.45) is 2.37. The van der Waals surface area contributed by atoms with Gasteiger partial charge >= 0.3 is 0 Å². The highest BCUT2D eigenvalue weighted by molar-refractivity contribution is 5.32. The first-order valence-electron chi connectivity index (χ1n) is 13.3. The van der Waals surface area contributed by atoms with Crippen molar-refractivity contribution in [2.75, 3.05) is 19.8 Å². The van der Waals surface area contributed by atoms with Gasteiger partial charge in [-0.05, 0) is 71.6 Å². The van der Waals surface area contributed by atoms with Gasteiger partial charge in [0, 0.05) is 6.61 Å². The van der Waals surface area contributed by atoms with Crippen LogP contribution in [0.15, 0.2) is 48.5 Å². The van der Waals surface area contributed by atoms with Crippen molar-refractivity contribution in [2.24, 2.45) is 10.8 Å². The molecule has 0 saturated heterocycles. The molecule has 0 saturated carbocycles. The van der Waals surface area contributed by atoms with Gasteiger partial charge in [0.2, 0.25) is 0 Å². The SMILES string of the molecule is C.C.CCOCCOc1ccc(C(C)(C)CC(C)(C)C)cc1.Cc1ccc(C(C)(C)CC(C)(C)C)cc1. The summed E-state index contributed by atoms with van der Waals surface area (Å²) in [4.78, 5) is 0. The summed E-state index contributed by atoms with van der Waals surface area (Å²) < 4.78 is 10.9. The van der Waals surface area contributed by atoms with Crippen LogP contribution in [0.1, 0.15) is 121 Å². The Morgan fingerprint density at radius 3 is 1.30 bits per heavy atom. The third-order valence-electron chi connectivity index (χ3n) is 6.11. The average molecular weight is 515 g/mol. The van der Waals surface area contributed by atoms with Crippen LogP contribution in [0.4, 0.5) is 0 Å². The van der Waals surface area contributed by atoms with Gasteiger partial charge in [-0.2, -0.15) is 0 Å². The smallest absolute Gasteiger partial charge is 0.119 e. The van der Waals surface area contributed by atoms with Gasteiger partial charge in [-0.15, -0.1) is 0 Å². The van der Waals surface area contributed by atoms with Crippen LogP contribution in [-0.2, 0) is 15.6 Å². The summed E-state index contributed by atoms with van der Waals surface area (Å²) in [7, 11) is 0. The van der Waals surface area contributed by atoms with E-state index in [1.807, 2.05) is 6.92 Å². The standard InChI is InChI=1S/C18H30O2.C15H24.2CH4/c1-7-19-12-13-20-16-10-8-15(9-11-16)18(5,6)14-17(2,3)4;1-12-7-9-13(10-8-12)15(5,6)11-14(2,3)4;;/h8-11H,7,12-14H2,1-6H3;7-10H,11H2,1-6H3;2*1H4. The highest BCUT2D eigenvalue weighted by Gasteiger charge is 2.28. The summed E-state index contributed by atoms with van der Waals surface area (Å²) in [5, 5.41) is 0. The predicted molar refractivity (Wildman–Crippen MR) is 167 cm³/mol. The average Bonchev–Trinajstić information content (AvgIpc) is 2.69.